The van der Waals surface area contributed by atoms with Crippen LogP contribution in [0.25, 0.3) is 0 Å². The monoisotopic (exact) mass is 310 g/mol. The molecular weight excluding hydrogens is 284 g/mol. The lowest BCUT2D eigenvalue weighted by atomic mass is 9.52. The van der Waals surface area contributed by atoms with Crippen molar-refractivity contribution in [2.45, 2.75) is 52.9 Å². The van der Waals surface area contributed by atoms with Crippen LogP contribution in [-0.2, 0) is 9.59 Å². The summed E-state index contributed by atoms with van der Waals surface area (Å²) in [6.07, 6.45) is 13.6. The molecule has 4 aliphatic rings. The van der Waals surface area contributed by atoms with Crippen molar-refractivity contribution in [2.75, 3.05) is 0 Å². The number of rotatable bonds is 1. The minimum atomic E-state index is -0.0630. The topological polar surface area (TPSA) is 34.1 Å². The van der Waals surface area contributed by atoms with E-state index in [1.54, 1.807) is 13.0 Å². The van der Waals surface area contributed by atoms with Gasteiger partial charge in [-0.1, -0.05) is 30.2 Å². The first-order valence-corrected chi connectivity index (χ1v) is 9.01. The van der Waals surface area contributed by atoms with Crippen molar-refractivity contribution in [3.05, 3.63) is 35.5 Å². The summed E-state index contributed by atoms with van der Waals surface area (Å²) >= 11 is 0. The number of carbonyl (C=O) groups excluding carboxylic acids is 2. The molecule has 2 heteroatoms. The zero-order valence-electron chi connectivity index (χ0n) is 14.4. The number of hydrogen-bond donors (Lipinski definition) is 0. The summed E-state index contributed by atoms with van der Waals surface area (Å²) in [4.78, 5) is 23.9. The van der Waals surface area contributed by atoms with E-state index >= 15 is 0 Å². The van der Waals surface area contributed by atoms with Crippen molar-refractivity contribution in [3.63, 3.8) is 0 Å². The number of carbonyl (C=O) groups is 2. The van der Waals surface area contributed by atoms with Gasteiger partial charge in [-0.15, -0.1) is 0 Å². The first kappa shape index (κ1) is 15.1. The van der Waals surface area contributed by atoms with Gasteiger partial charge >= 0.3 is 0 Å². The first-order valence-electron chi connectivity index (χ1n) is 9.01. The molecule has 0 aliphatic heterocycles. The molecule has 0 aromatic carbocycles. The Hall–Kier alpha value is -1.44. The minimum Gasteiger partial charge on any atom is -0.300 e. The van der Waals surface area contributed by atoms with E-state index < -0.39 is 0 Å². The van der Waals surface area contributed by atoms with Crippen LogP contribution in [0.15, 0.2) is 35.5 Å². The van der Waals surface area contributed by atoms with Gasteiger partial charge in [-0.2, -0.15) is 0 Å². The second-order valence-corrected chi connectivity index (χ2v) is 8.47. The Morgan fingerprint density at radius 3 is 2.74 bits per heavy atom. The summed E-state index contributed by atoms with van der Waals surface area (Å²) in [5.41, 5.74) is 2.89. The Morgan fingerprint density at radius 2 is 2.00 bits per heavy atom. The van der Waals surface area contributed by atoms with Gasteiger partial charge in [0, 0.05) is 11.3 Å². The normalized spacial score (nSPS) is 44.8. The van der Waals surface area contributed by atoms with Crippen LogP contribution >= 0.6 is 0 Å². The predicted octanol–water partition coefficient (Wildman–Crippen LogP) is 4.42. The Kier molecular flexibility index (Phi) is 3.14. The molecule has 23 heavy (non-hydrogen) atoms. The van der Waals surface area contributed by atoms with E-state index in [2.05, 4.69) is 26.0 Å². The van der Waals surface area contributed by atoms with Gasteiger partial charge in [0.2, 0.25) is 0 Å². The SMILES string of the molecule is CC(=O)[C@H]1CCC2C3CCC4=CC(=O)C=C[C@]4(C)C3=CC[C@@]21C. The summed E-state index contributed by atoms with van der Waals surface area (Å²) in [5.74, 6) is 1.95. The second-order valence-electron chi connectivity index (χ2n) is 8.47. The zero-order chi connectivity index (χ0) is 16.4. The van der Waals surface area contributed by atoms with E-state index in [4.69, 9.17) is 0 Å². The smallest absolute Gasteiger partial charge is 0.178 e. The van der Waals surface area contributed by atoms with Gasteiger partial charge < -0.3 is 0 Å². The first-order chi connectivity index (χ1) is 10.9. The molecule has 5 atom stereocenters. The van der Waals surface area contributed by atoms with Crippen molar-refractivity contribution in [1.29, 1.82) is 0 Å². The molecule has 0 N–H and O–H groups in total. The number of Topliss-reactive ketones (excluding diaryl/α,β-unsaturated/α-hetero) is 1. The van der Waals surface area contributed by atoms with Gasteiger partial charge in [0.25, 0.3) is 0 Å². The third kappa shape index (κ3) is 1.93. The maximum absolute atomic E-state index is 12.1. The molecule has 0 saturated heterocycles. The van der Waals surface area contributed by atoms with Gasteiger partial charge in [0.1, 0.15) is 5.78 Å². The maximum atomic E-state index is 12.1. The van der Waals surface area contributed by atoms with Gasteiger partial charge in [0.05, 0.1) is 0 Å². The van der Waals surface area contributed by atoms with Crippen molar-refractivity contribution in [1.82, 2.24) is 0 Å². The molecule has 4 aliphatic carbocycles. The predicted molar refractivity (Wildman–Crippen MR) is 90.8 cm³/mol. The lowest BCUT2D eigenvalue weighted by molar-refractivity contribution is -0.124. The molecule has 0 heterocycles. The number of hydrogen-bond acceptors (Lipinski definition) is 2. The van der Waals surface area contributed by atoms with E-state index in [0.29, 0.717) is 17.6 Å². The van der Waals surface area contributed by atoms with Crippen LogP contribution in [0.5, 0.6) is 0 Å². The fourth-order valence-corrected chi connectivity index (χ4v) is 6.19. The van der Waals surface area contributed by atoms with E-state index in [1.807, 2.05) is 6.08 Å². The van der Waals surface area contributed by atoms with E-state index in [-0.39, 0.29) is 22.5 Å². The van der Waals surface area contributed by atoms with Crippen molar-refractivity contribution in [3.8, 4) is 0 Å². The lowest BCUT2D eigenvalue weighted by Crippen LogP contribution is -2.44. The number of ketones is 2. The van der Waals surface area contributed by atoms with Crippen LogP contribution in [0.3, 0.4) is 0 Å². The van der Waals surface area contributed by atoms with E-state index in [1.165, 1.54) is 17.6 Å². The molecule has 0 amide bonds. The quantitative estimate of drug-likeness (QED) is 0.672. The standard InChI is InChI=1S/C21H26O2/c1-13(22)17-6-7-18-16-5-4-14-12-15(23)8-10-20(14,2)19(16)9-11-21(17,18)3/h8-10,12,16-18H,4-7,11H2,1-3H3/t16?,17-,18?,20+,21-/m1/s1. The Balaban J connectivity index is 1.76. The highest BCUT2D eigenvalue weighted by atomic mass is 16.1. The molecule has 0 bridgehead atoms. The molecule has 0 spiro atoms. The molecule has 2 nitrogen and oxygen atoms in total. The number of fused-ring (bicyclic) bond motifs is 5. The fourth-order valence-electron chi connectivity index (χ4n) is 6.19. The van der Waals surface area contributed by atoms with Gasteiger partial charge in [-0.25, -0.2) is 0 Å². The van der Waals surface area contributed by atoms with Crippen LogP contribution in [0.1, 0.15) is 52.9 Å². The largest absolute Gasteiger partial charge is 0.300 e. The molecule has 2 saturated carbocycles. The highest BCUT2D eigenvalue weighted by molar-refractivity contribution is 6.01. The highest BCUT2D eigenvalue weighted by Crippen LogP contribution is 2.63. The Morgan fingerprint density at radius 1 is 1.22 bits per heavy atom. The van der Waals surface area contributed by atoms with Crippen LogP contribution in [-0.4, -0.2) is 11.6 Å². The molecular formula is C21H26O2. The summed E-state index contributed by atoms with van der Waals surface area (Å²) < 4.78 is 0. The summed E-state index contributed by atoms with van der Waals surface area (Å²) in [7, 11) is 0. The Labute approximate surface area is 138 Å². The minimum absolute atomic E-state index is 0.0630. The average molecular weight is 310 g/mol. The Bertz CT molecular complexity index is 680. The van der Waals surface area contributed by atoms with Crippen LogP contribution < -0.4 is 0 Å². The van der Waals surface area contributed by atoms with Crippen molar-refractivity contribution in [2.24, 2.45) is 28.6 Å². The highest BCUT2D eigenvalue weighted by Gasteiger charge is 2.56. The average Bonchev–Trinajstić information content (AvgIpc) is 2.85. The number of allylic oxidation sites excluding steroid dienone is 6. The maximum Gasteiger partial charge on any atom is 0.178 e. The van der Waals surface area contributed by atoms with Crippen molar-refractivity contribution < 1.29 is 9.59 Å². The molecule has 122 valence electrons. The van der Waals surface area contributed by atoms with Gasteiger partial charge in [-0.05, 0) is 75.4 Å². The molecule has 0 radical (unpaired) electrons. The van der Waals surface area contributed by atoms with Gasteiger partial charge in [0.15, 0.2) is 5.78 Å². The molecule has 0 aromatic rings. The summed E-state index contributed by atoms with van der Waals surface area (Å²) in [5, 5.41) is 0. The van der Waals surface area contributed by atoms with Crippen LogP contribution in [0.4, 0.5) is 0 Å². The molecule has 2 fully saturated rings. The zero-order valence-corrected chi connectivity index (χ0v) is 14.4. The van der Waals surface area contributed by atoms with E-state index in [9.17, 15) is 9.59 Å². The summed E-state index contributed by atoms with van der Waals surface area (Å²) in [6, 6.07) is 0. The van der Waals surface area contributed by atoms with Crippen LogP contribution in [0.2, 0.25) is 0 Å². The molecule has 4 rings (SSSR count). The van der Waals surface area contributed by atoms with Crippen LogP contribution in [0, 0.1) is 28.6 Å². The summed E-state index contributed by atoms with van der Waals surface area (Å²) in [6.45, 7) is 6.40. The second kappa shape index (κ2) is 4.78. The molecule has 2 unspecified atom stereocenters. The van der Waals surface area contributed by atoms with Gasteiger partial charge in [-0.3, -0.25) is 9.59 Å². The molecule has 0 aromatic heterocycles. The third-order valence-corrected chi connectivity index (χ3v) is 7.44. The van der Waals surface area contributed by atoms with E-state index in [0.717, 1.165) is 25.7 Å². The lowest BCUT2D eigenvalue weighted by Gasteiger charge is -2.52. The fraction of sp³-hybridized carbons (Fsp3) is 0.619. The third-order valence-electron chi connectivity index (χ3n) is 7.44. The van der Waals surface area contributed by atoms with Crippen molar-refractivity contribution >= 4 is 11.6 Å².